The van der Waals surface area contributed by atoms with E-state index in [2.05, 4.69) is 55.4 Å². The predicted molar refractivity (Wildman–Crippen MR) is 159 cm³/mol. The third-order valence-electron chi connectivity index (χ3n) is 7.89. The zero-order chi connectivity index (χ0) is 26.0. The van der Waals surface area contributed by atoms with E-state index in [1.54, 1.807) is 0 Å². The molecule has 0 spiro atoms. The van der Waals surface area contributed by atoms with Crippen molar-refractivity contribution in [3.63, 3.8) is 0 Å². The van der Waals surface area contributed by atoms with Crippen molar-refractivity contribution in [2.24, 2.45) is 0 Å². The van der Waals surface area contributed by atoms with Crippen LogP contribution in [0.2, 0.25) is 0 Å². The highest BCUT2D eigenvalue weighted by molar-refractivity contribution is 4.50. The highest BCUT2D eigenvalue weighted by Gasteiger charge is 2.25. The van der Waals surface area contributed by atoms with Gasteiger partial charge in [0, 0.05) is 0 Å². The van der Waals surface area contributed by atoms with E-state index < -0.39 is 0 Å². The first-order valence-electron chi connectivity index (χ1n) is 16.2. The Morgan fingerprint density at radius 3 is 0.444 bits per heavy atom. The van der Waals surface area contributed by atoms with Crippen molar-refractivity contribution >= 4 is 0 Å². The summed E-state index contributed by atoms with van der Waals surface area (Å²) in [5, 5.41) is 0. The van der Waals surface area contributed by atoms with Crippen molar-refractivity contribution in [2.45, 2.75) is 158 Å². The minimum Gasteiger partial charge on any atom is -1.00 e. The second kappa shape index (κ2) is 32.6. The Bertz CT molecular complexity index is 279. The SMILES string of the molecule is CCCC[N+](CCCC)(CCCC)CCCC.CCCC[N+](CCCC)(CCCC)CCCC.[I-].[I-]. The molecule has 0 aliphatic rings. The predicted octanol–water partition coefficient (Wildman–Crippen LogP) is 4.02. The van der Waals surface area contributed by atoms with Crippen LogP contribution in [-0.2, 0) is 0 Å². The van der Waals surface area contributed by atoms with Crippen molar-refractivity contribution < 1.29 is 56.9 Å². The van der Waals surface area contributed by atoms with E-state index in [0.717, 1.165) is 0 Å². The van der Waals surface area contributed by atoms with Crippen LogP contribution in [0.3, 0.4) is 0 Å². The number of unbranched alkanes of at least 4 members (excludes halogenated alkanes) is 8. The van der Waals surface area contributed by atoms with Crippen LogP contribution in [0.5, 0.6) is 0 Å². The Morgan fingerprint density at radius 1 is 0.250 bits per heavy atom. The molecule has 0 saturated heterocycles. The van der Waals surface area contributed by atoms with Crippen molar-refractivity contribution in [1.82, 2.24) is 0 Å². The second-order valence-electron chi connectivity index (χ2n) is 11.3. The second-order valence-corrected chi connectivity index (χ2v) is 11.3. The first kappa shape index (κ1) is 44.4. The zero-order valence-electron chi connectivity index (χ0n) is 26.6. The summed E-state index contributed by atoms with van der Waals surface area (Å²) < 4.78 is 2.84. The number of rotatable bonds is 24. The number of hydrogen-bond acceptors (Lipinski definition) is 0. The normalized spacial score (nSPS) is 11.3. The molecule has 0 aliphatic heterocycles. The molecule has 0 aliphatic carbocycles. The first-order valence-corrected chi connectivity index (χ1v) is 16.2. The van der Waals surface area contributed by atoms with Crippen LogP contribution in [0.1, 0.15) is 158 Å². The highest BCUT2D eigenvalue weighted by atomic mass is 127. The molecule has 0 atom stereocenters. The van der Waals surface area contributed by atoms with Crippen molar-refractivity contribution in [3.05, 3.63) is 0 Å². The van der Waals surface area contributed by atoms with Gasteiger partial charge in [0.1, 0.15) is 0 Å². The Hall–Kier alpha value is 1.38. The Balaban J connectivity index is -0.000000269. The standard InChI is InChI=1S/2C16H36N.2HI/c2*1-5-9-13-17(14-10-6-2,15-11-7-3)16-12-8-4;;/h2*5-16H2,1-4H3;2*1H/q2*+1;;/p-2. The van der Waals surface area contributed by atoms with Crippen molar-refractivity contribution in [2.75, 3.05) is 52.4 Å². The number of hydrogen-bond donors (Lipinski definition) is 0. The van der Waals surface area contributed by atoms with Crippen LogP contribution >= 0.6 is 0 Å². The number of nitrogens with zero attached hydrogens (tertiary/aromatic N) is 2. The molecule has 224 valence electrons. The zero-order valence-corrected chi connectivity index (χ0v) is 30.9. The lowest BCUT2D eigenvalue weighted by molar-refractivity contribution is -0.929. The van der Waals surface area contributed by atoms with Crippen LogP contribution < -0.4 is 48.0 Å². The van der Waals surface area contributed by atoms with E-state index in [1.165, 1.54) is 164 Å². The van der Waals surface area contributed by atoms with Gasteiger partial charge in [0.15, 0.2) is 0 Å². The molecule has 4 heteroatoms. The maximum Gasteiger partial charge on any atom is 0.0786 e. The molecule has 0 rings (SSSR count). The van der Waals surface area contributed by atoms with E-state index in [4.69, 9.17) is 0 Å². The summed E-state index contributed by atoms with van der Waals surface area (Å²) in [6.45, 7) is 30.0. The molecule has 0 unspecified atom stereocenters. The van der Waals surface area contributed by atoms with E-state index >= 15 is 0 Å². The lowest BCUT2D eigenvalue weighted by atomic mass is 10.1. The van der Waals surface area contributed by atoms with Crippen LogP contribution in [0.15, 0.2) is 0 Å². The molecule has 0 saturated carbocycles. The summed E-state index contributed by atoms with van der Waals surface area (Å²) in [5.41, 5.74) is 0. The van der Waals surface area contributed by atoms with Crippen LogP contribution in [0, 0.1) is 0 Å². The molecule has 0 N–H and O–H groups in total. The largest absolute Gasteiger partial charge is 1.00 e. The Kier molecular flexibility index (Phi) is 40.2. The summed E-state index contributed by atoms with van der Waals surface area (Å²) in [7, 11) is 0. The first-order chi connectivity index (χ1) is 16.5. The van der Waals surface area contributed by atoms with E-state index in [9.17, 15) is 0 Å². The minimum absolute atomic E-state index is 0. The fourth-order valence-electron chi connectivity index (χ4n) is 5.29. The third-order valence-corrected chi connectivity index (χ3v) is 7.89. The van der Waals surface area contributed by atoms with E-state index in [-0.39, 0.29) is 48.0 Å². The summed E-state index contributed by atoms with van der Waals surface area (Å²) >= 11 is 0. The molecule has 0 amide bonds. The fourth-order valence-corrected chi connectivity index (χ4v) is 5.29. The van der Waals surface area contributed by atoms with E-state index in [1.807, 2.05) is 0 Å². The summed E-state index contributed by atoms with van der Waals surface area (Å²) in [4.78, 5) is 0. The van der Waals surface area contributed by atoms with Gasteiger partial charge in [0.2, 0.25) is 0 Å². The molecule has 36 heavy (non-hydrogen) atoms. The van der Waals surface area contributed by atoms with Crippen molar-refractivity contribution in [1.29, 1.82) is 0 Å². The molecule has 0 heterocycles. The average molecular weight is 739 g/mol. The summed E-state index contributed by atoms with van der Waals surface area (Å²) in [6, 6.07) is 0. The van der Waals surface area contributed by atoms with Gasteiger partial charge in [0.05, 0.1) is 52.4 Å². The maximum atomic E-state index is 2.33. The third kappa shape index (κ3) is 24.4. The minimum atomic E-state index is 0. The molecule has 0 aromatic carbocycles. The van der Waals surface area contributed by atoms with Crippen molar-refractivity contribution in [3.8, 4) is 0 Å². The monoisotopic (exact) mass is 738 g/mol. The molecule has 0 aromatic heterocycles. The Labute approximate surface area is 265 Å². The maximum absolute atomic E-state index is 2.33. The van der Waals surface area contributed by atoms with Gasteiger partial charge in [-0.1, -0.05) is 107 Å². The van der Waals surface area contributed by atoms with Gasteiger partial charge in [-0.2, -0.15) is 0 Å². The molecule has 0 radical (unpaired) electrons. The van der Waals surface area contributed by atoms with Gasteiger partial charge in [-0.05, 0) is 51.4 Å². The average Bonchev–Trinajstić information content (AvgIpc) is 2.87. The van der Waals surface area contributed by atoms with Gasteiger partial charge < -0.3 is 56.9 Å². The summed E-state index contributed by atoms with van der Waals surface area (Å²) in [6.07, 6.45) is 22.1. The fraction of sp³-hybridized carbons (Fsp3) is 1.00. The van der Waals surface area contributed by atoms with Gasteiger partial charge in [0.25, 0.3) is 0 Å². The lowest BCUT2D eigenvalue weighted by Gasteiger charge is -2.39. The quantitative estimate of drug-likeness (QED) is 0.104. The van der Waals surface area contributed by atoms with Gasteiger partial charge >= 0.3 is 0 Å². The number of quaternary nitrogens is 2. The van der Waals surface area contributed by atoms with Crippen LogP contribution in [-0.4, -0.2) is 61.3 Å². The highest BCUT2D eigenvalue weighted by Crippen LogP contribution is 2.17. The molecule has 2 nitrogen and oxygen atoms in total. The lowest BCUT2D eigenvalue weighted by Crippen LogP contribution is -3.00. The topological polar surface area (TPSA) is 0 Å². The Morgan fingerprint density at radius 2 is 0.361 bits per heavy atom. The van der Waals surface area contributed by atoms with Gasteiger partial charge in [-0.25, -0.2) is 0 Å². The van der Waals surface area contributed by atoms with Crippen LogP contribution in [0.4, 0.5) is 0 Å². The number of halogens is 2. The molecular weight excluding hydrogens is 666 g/mol. The van der Waals surface area contributed by atoms with Crippen LogP contribution in [0.25, 0.3) is 0 Å². The smallest absolute Gasteiger partial charge is 0.0786 e. The van der Waals surface area contributed by atoms with Gasteiger partial charge in [-0.15, -0.1) is 0 Å². The van der Waals surface area contributed by atoms with Gasteiger partial charge in [-0.3, -0.25) is 0 Å². The van der Waals surface area contributed by atoms with E-state index in [0.29, 0.717) is 0 Å². The molecule has 0 fully saturated rings. The molecule has 0 bridgehead atoms. The molecular formula is C32H72I2N2. The summed E-state index contributed by atoms with van der Waals surface area (Å²) in [5.74, 6) is 0. The molecule has 0 aromatic rings.